The number of hydrogen-bond donors (Lipinski definition) is 2. The summed E-state index contributed by atoms with van der Waals surface area (Å²) in [7, 11) is 0. The van der Waals surface area contributed by atoms with Crippen molar-refractivity contribution in [3.8, 4) is 0 Å². The summed E-state index contributed by atoms with van der Waals surface area (Å²) in [4.78, 5) is 13.8. The zero-order valence-corrected chi connectivity index (χ0v) is 12.8. The van der Waals surface area contributed by atoms with Crippen LogP contribution in [0.25, 0.3) is 10.2 Å². The third-order valence-electron chi connectivity index (χ3n) is 3.95. The smallest absolute Gasteiger partial charge is 0.240 e. The van der Waals surface area contributed by atoms with Crippen molar-refractivity contribution in [3.63, 3.8) is 0 Å². The molecule has 5 nitrogen and oxygen atoms in total. The number of hydrogen-bond acceptors (Lipinski definition) is 6. The summed E-state index contributed by atoms with van der Waals surface area (Å²) < 4.78 is 0. The van der Waals surface area contributed by atoms with Crippen LogP contribution in [0.5, 0.6) is 0 Å². The van der Waals surface area contributed by atoms with Gasteiger partial charge in [-0.2, -0.15) is 4.98 Å². The van der Waals surface area contributed by atoms with Crippen LogP contribution in [0.4, 0.5) is 11.8 Å². The molecule has 20 heavy (non-hydrogen) atoms. The Balaban J connectivity index is 2.12. The molecule has 108 valence electrons. The van der Waals surface area contributed by atoms with Crippen molar-refractivity contribution in [2.24, 2.45) is 5.84 Å². The summed E-state index contributed by atoms with van der Waals surface area (Å²) in [5, 5.41) is 1.15. The van der Waals surface area contributed by atoms with Gasteiger partial charge in [0.25, 0.3) is 0 Å². The van der Waals surface area contributed by atoms with Crippen LogP contribution in [0.1, 0.15) is 37.5 Å². The molecule has 3 rings (SSSR count). The molecule has 1 fully saturated rings. The number of nitrogens with zero attached hydrogens (tertiary/aromatic N) is 3. The molecule has 0 aromatic carbocycles. The van der Waals surface area contributed by atoms with E-state index in [1.54, 1.807) is 11.3 Å². The Morgan fingerprint density at radius 2 is 2.20 bits per heavy atom. The highest BCUT2D eigenvalue weighted by molar-refractivity contribution is 7.18. The highest BCUT2D eigenvalue weighted by Crippen LogP contribution is 2.34. The Morgan fingerprint density at radius 3 is 3.00 bits per heavy atom. The first-order valence-corrected chi connectivity index (χ1v) is 8.02. The first kappa shape index (κ1) is 13.6. The average Bonchev–Trinajstić information content (AvgIpc) is 2.68. The van der Waals surface area contributed by atoms with Gasteiger partial charge in [0.05, 0.1) is 5.39 Å². The number of anilines is 2. The number of hydrazine groups is 1. The topological polar surface area (TPSA) is 67.1 Å². The second-order valence-corrected chi connectivity index (χ2v) is 6.72. The number of aromatic nitrogens is 2. The fourth-order valence-corrected chi connectivity index (χ4v) is 3.77. The van der Waals surface area contributed by atoms with E-state index in [9.17, 15) is 0 Å². The first-order valence-electron chi connectivity index (χ1n) is 7.20. The van der Waals surface area contributed by atoms with Gasteiger partial charge in [-0.05, 0) is 32.8 Å². The number of aryl methyl sites for hydroxylation is 1. The van der Waals surface area contributed by atoms with E-state index in [0.29, 0.717) is 12.0 Å². The van der Waals surface area contributed by atoms with E-state index in [1.165, 1.54) is 30.6 Å². The largest absolute Gasteiger partial charge is 0.353 e. The van der Waals surface area contributed by atoms with Gasteiger partial charge >= 0.3 is 0 Å². The molecule has 3 heterocycles. The molecule has 1 unspecified atom stereocenters. The number of thiophene rings is 1. The first-order chi connectivity index (χ1) is 9.69. The fraction of sp³-hybridized carbons (Fsp3) is 0.571. The lowest BCUT2D eigenvalue weighted by Gasteiger charge is -2.29. The summed E-state index contributed by atoms with van der Waals surface area (Å²) in [6.45, 7) is 5.46. The zero-order chi connectivity index (χ0) is 14.1. The fourth-order valence-electron chi connectivity index (χ4n) is 2.90. The van der Waals surface area contributed by atoms with Crippen LogP contribution in [0.15, 0.2) is 6.07 Å². The van der Waals surface area contributed by atoms with E-state index < -0.39 is 0 Å². The minimum Gasteiger partial charge on any atom is -0.353 e. The Kier molecular flexibility index (Phi) is 3.76. The van der Waals surface area contributed by atoms with Crippen LogP contribution in [-0.4, -0.2) is 22.6 Å². The van der Waals surface area contributed by atoms with Crippen LogP contribution in [0, 0.1) is 6.92 Å². The zero-order valence-electron chi connectivity index (χ0n) is 12.0. The Hall–Kier alpha value is -1.40. The lowest BCUT2D eigenvalue weighted by molar-refractivity contribution is 0.612. The normalized spacial score (nSPS) is 20.1. The van der Waals surface area contributed by atoms with Gasteiger partial charge in [-0.15, -0.1) is 11.3 Å². The second kappa shape index (κ2) is 5.54. The van der Waals surface area contributed by atoms with Crippen LogP contribution in [0.2, 0.25) is 0 Å². The molecule has 6 heteroatoms. The highest BCUT2D eigenvalue weighted by Gasteiger charge is 2.22. The Morgan fingerprint density at radius 1 is 1.35 bits per heavy atom. The van der Waals surface area contributed by atoms with Crippen molar-refractivity contribution in [2.45, 2.75) is 45.6 Å². The van der Waals surface area contributed by atoms with Gasteiger partial charge < -0.3 is 4.90 Å². The van der Waals surface area contributed by atoms with E-state index in [0.717, 1.165) is 22.6 Å². The molecule has 0 bridgehead atoms. The van der Waals surface area contributed by atoms with Gasteiger partial charge in [0.2, 0.25) is 5.95 Å². The molecule has 3 N–H and O–H groups in total. The van der Waals surface area contributed by atoms with Gasteiger partial charge in [0, 0.05) is 17.5 Å². The number of nitrogens with two attached hydrogens (primary N) is 1. The van der Waals surface area contributed by atoms with Crippen molar-refractivity contribution < 1.29 is 0 Å². The summed E-state index contributed by atoms with van der Waals surface area (Å²) in [5.74, 6) is 7.06. The molecule has 2 aromatic rings. The minimum atomic E-state index is 0.505. The summed E-state index contributed by atoms with van der Waals surface area (Å²) in [6, 6.07) is 2.70. The maximum absolute atomic E-state index is 5.52. The summed E-state index contributed by atoms with van der Waals surface area (Å²) >= 11 is 1.69. The molecule has 2 aromatic heterocycles. The lowest BCUT2D eigenvalue weighted by atomic mass is 10.1. The second-order valence-electron chi connectivity index (χ2n) is 5.48. The quantitative estimate of drug-likeness (QED) is 0.657. The molecule has 1 aliphatic heterocycles. The predicted molar refractivity (Wildman–Crippen MR) is 85.2 cm³/mol. The third kappa shape index (κ3) is 2.45. The molecule has 0 radical (unpaired) electrons. The van der Waals surface area contributed by atoms with Crippen molar-refractivity contribution in [2.75, 3.05) is 16.9 Å². The van der Waals surface area contributed by atoms with Gasteiger partial charge in [-0.25, -0.2) is 10.8 Å². The van der Waals surface area contributed by atoms with E-state index in [1.807, 2.05) is 0 Å². The molecule has 0 aliphatic carbocycles. The van der Waals surface area contributed by atoms with E-state index in [2.05, 4.69) is 40.2 Å². The van der Waals surface area contributed by atoms with Gasteiger partial charge in [-0.1, -0.05) is 12.8 Å². The molecule has 1 atom stereocenters. The number of fused-ring (bicyclic) bond motifs is 1. The number of rotatable bonds is 2. The minimum absolute atomic E-state index is 0.505. The molecule has 1 aliphatic rings. The number of nitrogen functional groups attached to an aromatic ring is 1. The molecule has 0 spiro atoms. The Bertz CT molecular complexity index is 609. The SMILES string of the molecule is Cc1cc2c(N3CCCCCC3C)nc(NN)nc2s1. The standard InChI is InChI=1S/C14H21N5S/c1-9-6-4-3-5-7-19(9)12-11-8-10(2)20-13(11)17-14(16-12)18-15/h8-9H,3-7,15H2,1-2H3,(H,16,17,18). The van der Waals surface area contributed by atoms with Gasteiger partial charge in [0.15, 0.2) is 0 Å². The monoisotopic (exact) mass is 291 g/mol. The maximum Gasteiger partial charge on any atom is 0.240 e. The molecular weight excluding hydrogens is 270 g/mol. The van der Waals surface area contributed by atoms with Crippen molar-refractivity contribution >= 4 is 33.3 Å². The number of nitrogens with one attached hydrogen (secondary N) is 1. The van der Waals surface area contributed by atoms with Crippen LogP contribution < -0.4 is 16.2 Å². The average molecular weight is 291 g/mol. The van der Waals surface area contributed by atoms with E-state index in [-0.39, 0.29) is 0 Å². The molecule has 1 saturated heterocycles. The van der Waals surface area contributed by atoms with E-state index in [4.69, 9.17) is 5.84 Å². The highest BCUT2D eigenvalue weighted by atomic mass is 32.1. The van der Waals surface area contributed by atoms with Gasteiger partial charge in [0.1, 0.15) is 10.6 Å². The Labute approximate surface area is 123 Å². The van der Waals surface area contributed by atoms with Gasteiger partial charge in [-0.3, -0.25) is 5.43 Å². The maximum atomic E-state index is 5.52. The van der Waals surface area contributed by atoms with E-state index >= 15 is 0 Å². The van der Waals surface area contributed by atoms with Crippen molar-refractivity contribution in [1.29, 1.82) is 0 Å². The summed E-state index contributed by atoms with van der Waals surface area (Å²) in [6.07, 6.45) is 5.06. The van der Waals surface area contributed by atoms with Crippen molar-refractivity contribution in [3.05, 3.63) is 10.9 Å². The van der Waals surface area contributed by atoms with Crippen LogP contribution in [0.3, 0.4) is 0 Å². The molecule has 0 amide bonds. The lowest BCUT2D eigenvalue weighted by Crippen LogP contribution is -2.33. The van der Waals surface area contributed by atoms with Crippen molar-refractivity contribution in [1.82, 2.24) is 9.97 Å². The van der Waals surface area contributed by atoms with Crippen LogP contribution >= 0.6 is 11.3 Å². The molecule has 0 saturated carbocycles. The van der Waals surface area contributed by atoms with Crippen LogP contribution in [-0.2, 0) is 0 Å². The predicted octanol–water partition coefficient (Wildman–Crippen LogP) is 3.05. The molecular formula is C14H21N5S. The third-order valence-corrected chi connectivity index (χ3v) is 4.89. The summed E-state index contributed by atoms with van der Waals surface area (Å²) in [5.41, 5.74) is 2.60.